The molecule has 1 aliphatic carbocycles. The van der Waals surface area contributed by atoms with Gasteiger partial charge in [0, 0.05) is 23.6 Å². The minimum atomic E-state index is -2.91. The van der Waals surface area contributed by atoms with E-state index in [0.717, 1.165) is 0 Å². The maximum absolute atomic E-state index is 13.2. The minimum absolute atomic E-state index is 0.0629. The van der Waals surface area contributed by atoms with Gasteiger partial charge < -0.3 is 55.4 Å². The van der Waals surface area contributed by atoms with E-state index in [1.807, 2.05) is 0 Å². The molecule has 1 unspecified atom stereocenters. The van der Waals surface area contributed by atoms with Crippen molar-refractivity contribution in [2.24, 2.45) is 11.8 Å². The number of aromatic hydroxyl groups is 5. The highest BCUT2D eigenvalue weighted by Crippen LogP contribution is 2.52. The fourth-order valence-corrected chi connectivity index (χ4v) is 5.23. The van der Waals surface area contributed by atoms with Crippen molar-refractivity contribution in [2.45, 2.75) is 31.0 Å². The maximum atomic E-state index is 13.2. The molecule has 4 rings (SSSR count). The number of hydrogen-bond acceptors (Lipinski definition) is 13. The molecule has 1 atom stereocenters. The average molecular weight is 523 g/mol. The molecular formula is C24H29NO12. The normalized spacial score (nSPS) is 20.2. The number of likely N-dealkylation sites (tertiary alicyclic amines) is 1. The monoisotopic (exact) mass is 523 g/mol. The highest BCUT2D eigenvalue weighted by molar-refractivity contribution is 6.04. The van der Waals surface area contributed by atoms with Crippen LogP contribution in [0.2, 0.25) is 0 Å². The summed E-state index contributed by atoms with van der Waals surface area (Å²) in [5.41, 5.74) is -0.641. The van der Waals surface area contributed by atoms with Crippen LogP contribution in [0.3, 0.4) is 0 Å². The highest BCUT2D eigenvalue weighted by atomic mass is 16.5. The maximum Gasteiger partial charge on any atom is 0.208 e. The van der Waals surface area contributed by atoms with Gasteiger partial charge in [-0.15, -0.1) is 0 Å². The molecule has 13 nitrogen and oxygen atoms in total. The predicted molar refractivity (Wildman–Crippen MR) is 123 cm³/mol. The molecule has 0 amide bonds. The fourth-order valence-electron chi connectivity index (χ4n) is 5.23. The second-order valence-corrected chi connectivity index (χ2v) is 9.33. The Morgan fingerprint density at radius 1 is 0.892 bits per heavy atom. The van der Waals surface area contributed by atoms with Gasteiger partial charge in [-0.25, -0.2) is 0 Å². The first kappa shape index (κ1) is 26.6. The number of phenols is 5. The molecule has 0 spiro atoms. The Balaban J connectivity index is 1.54. The van der Waals surface area contributed by atoms with Gasteiger partial charge in [0.2, 0.25) is 23.0 Å². The lowest BCUT2D eigenvalue weighted by Crippen LogP contribution is -2.56. The third-order valence-corrected chi connectivity index (χ3v) is 7.31. The number of ketones is 1. The number of Topliss-reactive ketones (excluding diaryl/α,β-unsaturated/α-hetero) is 1. The zero-order chi connectivity index (χ0) is 27.4. The molecule has 1 aliphatic heterocycles. The van der Waals surface area contributed by atoms with Crippen LogP contribution in [0.15, 0.2) is 12.1 Å². The van der Waals surface area contributed by atoms with Crippen LogP contribution in [0.4, 0.5) is 0 Å². The Kier molecular flexibility index (Phi) is 6.55. The molecule has 0 saturated carbocycles. The van der Waals surface area contributed by atoms with Crippen LogP contribution in [0.1, 0.15) is 34.3 Å². The van der Waals surface area contributed by atoms with Gasteiger partial charge in [0.25, 0.3) is 0 Å². The smallest absolute Gasteiger partial charge is 0.208 e. The molecule has 1 fully saturated rings. The number of benzene rings is 2. The summed E-state index contributed by atoms with van der Waals surface area (Å²) < 4.78 is 10.3. The van der Waals surface area contributed by atoms with Crippen LogP contribution in [-0.4, -0.2) is 89.7 Å². The van der Waals surface area contributed by atoms with Crippen molar-refractivity contribution >= 4 is 5.78 Å². The average Bonchev–Trinajstić information content (AvgIpc) is 3.07. The van der Waals surface area contributed by atoms with E-state index < -0.39 is 57.9 Å². The zero-order valence-electron chi connectivity index (χ0n) is 20.0. The van der Waals surface area contributed by atoms with Gasteiger partial charge in [-0.3, -0.25) is 9.69 Å². The summed E-state index contributed by atoms with van der Waals surface area (Å²) in [5.74, 6) is -14.1. The van der Waals surface area contributed by atoms with E-state index in [9.17, 15) is 50.8 Å². The first-order chi connectivity index (χ1) is 17.3. The Bertz CT molecular complexity index is 1200. The summed E-state index contributed by atoms with van der Waals surface area (Å²) >= 11 is 0. The van der Waals surface area contributed by atoms with Crippen LogP contribution < -0.4 is 9.47 Å². The molecule has 0 bridgehead atoms. The van der Waals surface area contributed by atoms with Crippen molar-refractivity contribution in [3.63, 3.8) is 0 Å². The van der Waals surface area contributed by atoms with Crippen LogP contribution in [0.5, 0.6) is 40.2 Å². The van der Waals surface area contributed by atoms with E-state index in [-0.39, 0.29) is 60.7 Å². The second kappa shape index (κ2) is 9.11. The van der Waals surface area contributed by atoms with E-state index in [2.05, 4.69) is 0 Å². The summed E-state index contributed by atoms with van der Waals surface area (Å²) in [7, 11) is 2.66. The Morgan fingerprint density at radius 3 is 1.89 bits per heavy atom. The number of rotatable bonds is 6. The van der Waals surface area contributed by atoms with Gasteiger partial charge in [0.1, 0.15) is 5.92 Å². The van der Waals surface area contributed by atoms with Crippen LogP contribution >= 0.6 is 0 Å². The molecule has 9 N–H and O–H groups in total. The van der Waals surface area contributed by atoms with Crippen molar-refractivity contribution in [1.82, 2.24) is 4.90 Å². The number of methoxy groups -OCH3 is 2. The van der Waals surface area contributed by atoms with E-state index >= 15 is 0 Å². The van der Waals surface area contributed by atoms with Crippen molar-refractivity contribution in [3.8, 4) is 40.2 Å². The van der Waals surface area contributed by atoms with Crippen LogP contribution in [-0.2, 0) is 12.3 Å². The van der Waals surface area contributed by atoms with Crippen molar-refractivity contribution in [3.05, 3.63) is 28.8 Å². The Hall–Kier alpha value is -3.49. The summed E-state index contributed by atoms with van der Waals surface area (Å²) in [6, 6.07) is 2.45. The van der Waals surface area contributed by atoms with Crippen molar-refractivity contribution in [1.29, 1.82) is 0 Å². The largest absolute Gasteiger partial charge is 0.504 e. The highest BCUT2D eigenvalue weighted by Gasteiger charge is 2.62. The number of piperidine rings is 1. The predicted octanol–water partition coefficient (Wildman–Crippen LogP) is -0.225. The molecule has 202 valence electrons. The number of carbonyl (C=O) groups excluding carboxylic acids is 1. The molecule has 2 aromatic rings. The molecule has 1 heterocycles. The number of phenolic OH excluding ortho intramolecular Hbond substituents is 5. The zero-order valence-corrected chi connectivity index (χ0v) is 20.0. The SMILES string of the molecule is COc1cc2c(cc1OC)C(O)(O)C(C(O)(O)C1CCN(Cc3c(O)c(O)c(O)c(O)c3O)CC1)C2=O. The molecule has 2 aromatic carbocycles. The summed E-state index contributed by atoms with van der Waals surface area (Å²) in [6.07, 6.45) is 0.126. The topological polar surface area (TPSA) is 221 Å². The van der Waals surface area contributed by atoms with E-state index in [1.165, 1.54) is 26.4 Å². The van der Waals surface area contributed by atoms with E-state index in [1.54, 1.807) is 4.90 Å². The van der Waals surface area contributed by atoms with Gasteiger partial charge >= 0.3 is 0 Å². The summed E-state index contributed by atoms with van der Waals surface area (Å²) in [5, 5.41) is 93.2. The quantitative estimate of drug-likeness (QED) is 0.136. The van der Waals surface area contributed by atoms with Gasteiger partial charge in [-0.1, -0.05) is 0 Å². The molecule has 1 saturated heterocycles. The first-order valence-electron chi connectivity index (χ1n) is 11.4. The lowest BCUT2D eigenvalue weighted by molar-refractivity contribution is -0.309. The number of aliphatic hydroxyl groups is 4. The standard InChI is InChI=1S/C24H29NO12/c1-36-14-7-11-13(8-15(14)37-2)24(34,35)22(18(11)28)23(32,33)10-3-5-25(6-4-10)9-12-16(26)19(29)21(31)20(30)17(12)27/h7-8,10,22,26-27,29-35H,3-6,9H2,1-2H3. The fraction of sp³-hybridized carbons (Fsp3) is 0.458. The van der Waals surface area contributed by atoms with Crippen LogP contribution in [0, 0.1) is 11.8 Å². The lowest BCUT2D eigenvalue weighted by atomic mass is 9.77. The minimum Gasteiger partial charge on any atom is -0.504 e. The number of fused-ring (bicyclic) bond motifs is 1. The van der Waals surface area contributed by atoms with E-state index in [4.69, 9.17) is 9.47 Å². The van der Waals surface area contributed by atoms with Gasteiger partial charge in [-0.2, -0.15) is 0 Å². The summed E-state index contributed by atoms with van der Waals surface area (Å²) in [6.45, 7) is 0.120. The van der Waals surface area contributed by atoms with Gasteiger partial charge in [-0.05, 0) is 38.1 Å². The van der Waals surface area contributed by atoms with Crippen LogP contribution in [0.25, 0.3) is 0 Å². The van der Waals surface area contributed by atoms with Gasteiger partial charge in [0.05, 0.1) is 19.8 Å². The third kappa shape index (κ3) is 4.04. The Labute approximate surface area is 210 Å². The van der Waals surface area contributed by atoms with Crippen molar-refractivity contribution < 1.29 is 60.2 Å². The number of nitrogens with zero attached hydrogens (tertiary/aromatic N) is 1. The number of ether oxygens (including phenoxy) is 2. The molecule has 37 heavy (non-hydrogen) atoms. The first-order valence-corrected chi connectivity index (χ1v) is 11.4. The van der Waals surface area contributed by atoms with E-state index in [0.29, 0.717) is 0 Å². The summed E-state index contributed by atoms with van der Waals surface area (Å²) in [4.78, 5) is 14.8. The lowest BCUT2D eigenvalue weighted by Gasteiger charge is -2.43. The molecule has 0 radical (unpaired) electrons. The molecular weight excluding hydrogens is 494 g/mol. The third-order valence-electron chi connectivity index (χ3n) is 7.31. The number of carbonyl (C=O) groups is 1. The molecule has 13 heteroatoms. The second-order valence-electron chi connectivity index (χ2n) is 9.33. The molecule has 0 aromatic heterocycles. The Morgan fingerprint density at radius 2 is 1.38 bits per heavy atom. The van der Waals surface area contributed by atoms with Gasteiger partial charge in [0.15, 0.2) is 34.6 Å². The molecule has 2 aliphatic rings. The number of hydrogen-bond donors (Lipinski definition) is 9. The van der Waals surface area contributed by atoms with Crippen molar-refractivity contribution in [2.75, 3.05) is 27.3 Å².